The van der Waals surface area contributed by atoms with Crippen LogP contribution in [0.25, 0.3) is 0 Å². The van der Waals surface area contributed by atoms with Crippen LogP contribution in [-0.2, 0) is 0 Å². The summed E-state index contributed by atoms with van der Waals surface area (Å²) >= 11 is 17.2. The number of ether oxygens (including phenoxy) is 2. The Bertz CT molecular complexity index is 725. The first kappa shape index (κ1) is 15.2. The molecule has 2 aromatic carbocycles. The summed E-state index contributed by atoms with van der Waals surface area (Å²) in [6, 6.07) is 10.7. The highest BCUT2D eigenvalue weighted by atomic mass is 35.5. The molecule has 7 heteroatoms. The first-order valence-electron chi connectivity index (χ1n) is 6.54. The van der Waals surface area contributed by atoms with Crippen molar-refractivity contribution >= 4 is 51.9 Å². The maximum absolute atomic E-state index is 6.10. The molecular weight excluding hydrogens is 343 g/mol. The van der Waals surface area contributed by atoms with Crippen LogP contribution >= 0.6 is 35.4 Å². The van der Waals surface area contributed by atoms with E-state index in [1.807, 2.05) is 18.2 Å². The van der Waals surface area contributed by atoms with Gasteiger partial charge in [-0.3, -0.25) is 0 Å². The molecule has 1 aliphatic heterocycles. The third-order valence-corrected chi connectivity index (χ3v) is 3.73. The van der Waals surface area contributed by atoms with Crippen molar-refractivity contribution < 1.29 is 9.47 Å². The van der Waals surface area contributed by atoms with E-state index in [0.29, 0.717) is 39.8 Å². The van der Waals surface area contributed by atoms with E-state index < -0.39 is 0 Å². The Kier molecular flexibility index (Phi) is 4.57. The molecule has 1 aliphatic rings. The van der Waals surface area contributed by atoms with Crippen molar-refractivity contribution in [1.29, 1.82) is 0 Å². The minimum Gasteiger partial charge on any atom is -0.486 e. The van der Waals surface area contributed by atoms with Crippen molar-refractivity contribution in [3.05, 3.63) is 46.4 Å². The highest BCUT2D eigenvalue weighted by molar-refractivity contribution is 7.80. The molecule has 2 N–H and O–H groups in total. The Balaban J connectivity index is 1.69. The third kappa shape index (κ3) is 3.55. The molecule has 0 spiro atoms. The monoisotopic (exact) mass is 354 g/mol. The summed E-state index contributed by atoms with van der Waals surface area (Å²) in [5.74, 6) is 1.43. The van der Waals surface area contributed by atoms with E-state index in [1.165, 1.54) is 0 Å². The normalized spacial score (nSPS) is 12.6. The van der Waals surface area contributed by atoms with E-state index in [-0.39, 0.29) is 0 Å². The van der Waals surface area contributed by atoms with Crippen LogP contribution in [-0.4, -0.2) is 18.3 Å². The molecular formula is C15H12Cl2N2O2S. The molecule has 0 aromatic heterocycles. The zero-order chi connectivity index (χ0) is 15.5. The maximum atomic E-state index is 6.10. The van der Waals surface area contributed by atoms with Gasteiger partial charge in [0, 0.05) is 16.8 Å². The molecule has 0 saturated carbocycles. The van der Waals surface area contributed by atoms with Crippen molar-refractivity contribution in [2.75, 3.05) is 23.8 Å². The second-order valence-corrected chi connectivity index (χ2v) is 5.81. The van der Waals surface area contributed by atoms with Gasteiger partial charge >= 0.3 is 0 Å². The lowest BCUT2D eigenvalue weighted by molar-refractivity contribution is 0.171. The highest BCUT2D eigenvalue weighted by Gasteiger charge is 2.12. The minimum atomic E-state index is 0.418. The molecule has 0 amide bonds. The summed E-state index contributed by atoms with van der Waals surface area (Å²) < 4.78 is 11.0. The van der Waals surface area contributed by atoms with Gasteiger partial charge in [-0.25, -0.2) is 0 Å². The topological polar surface area (TPSA) is 42.5 Å². The SMILES string of the molecule is S=C(Nc1ccc2c(c1)OCCO2)Nc1ccc(Cl)cc1Cl. The molecule has 0 saturated heterocycles. The molecule has 2 aromatic rings. The summed E-state index contributed by atoms with van der Waals surface area (Å²) in [4.78, 5) is 0. The summed E-state index contributed by atoms with van der Waals surface area (Å²) in [5.41, 5.74) is 1.48. The predicted molar refractivity (Wildman–Crippen MR) is 93.7 cm³/mol. The third-order valence-electron chi connectivity index (χ3n) is 2.98. The highest BCUT2D eigenvalue weighted by Crippen LogP contribution is 2.32. The standard InChI is InChI=1S/C15H12Cl2N2O2S/c16-9-1-3-12(11(17)7-9)19-15(22)18-10-2-4-13-14(8-10)21-6-5-20-13/h1-4,7-8H,5-6H2,(H2,18,19,22). The number of anilines is 2. The van der Waals surface area contributed by atoms with Crippen molar-refractivity contribution in [3.63, 3.8) is 0 Å². The van der Waals surface area contributed by atoms with E-state index in [9.17, 15) is 0 Å². The molecule has 3 rings (SSSR count). The summed E-state index contributed by atoms with van der Waals surface area (Å²) in [6.45, 7) is 1.11. The van der Waals surface area contributed by atoms with Gasteiger partial charge in [-0.05, 0) is 42.5 Å². The van der Waals surface area contributed by atoms with Gasteiger partial charge in [0.15, 0.2) is 16.6 Å². The Morgan fingerprint density at radius 2 is 1.73 bits per heavy atom. The molecule has 1 heterocycles. The fourth-order valence-electron chi connectivity index (χ4n) is 2.00. The smallest absolute Gasteiger partial charge is 0.175 e. The molecule has 0 aliphatic carbocycles. The first-order valence-corrected chi connectivity index (χ1v) is 7.71. The number of fused-ring (bicyclic) bond motifs is 1. The number of halogens is 2. The quantitative estimate of drug-likeness (QED) is 0.773. The van der Waals surface area contributed by atoms with Crippen molar-refractivity contribution in [1.82, 2.24) is 0 Å². The van der Waals surface area contributed by atoms with Crippen LogP contribution in [0.3, 0.4) is 0 Å². The fourth-order valence-corrected chi connectivity index (χ4v) is 2.68. The zero-order valence-corrected chi connectivity index (χ0v) is 13.7. The lowest BCUT2D eigenvalue weighted by Crippen LogP contribution is -2.20. The molecule has 0 unspecified atom stereocenters. The summed E-state index contributed by atoms with van der Waals surface area (Å²) in [7, 11) is 0. The van der Waals surface area contributed by atoms with Gasteiger partial charge in [-0.2, -0.15) is 0 Å². The molecule has 0 radical (unpaired) electrons. The average molecular weight is 355 g/mol. The van der Waals surface area contributed by atoms with Gasteiger partial charge < -0.3 is 20.1 Å². The van der Waals surface area contributed by atoms with E-state index in [1.54, 1.807) is 18.2 Å². The summed E-state index contributed by atoms with van der Waals surface area (Å²) in [6.07, 6.45) is 0. The van der Waals surface area contributed by atoms with Gasteiger partial charge in [0.1, 0.15) is 13.2 Å². The Labute approximate surface area is 143 Å². The molecule has 0 bridgehead atoms. The van der Waals surface area contributed by atoms with Crippen LogP contribution in [0.5, 0.6) is 11.5 Å². The number of hydrogen-bond acceptors (Lipinski definition) is 3. The number of hydrogen-bond donors (Lipinski definition) is 2. The first-order chi connectivity index (χ1) is 10.6. The number of rotatable bonds is 2. The van der Waals surface area contributed by atoms with Crippen molar-refractivity contribution in [2.24, 2.45) is 0 Å². The van der Waals surface area contributed by atoms with E-state index in [0.717, 1.165) is 11.4 Å². The lowest BCUT2D eigenvalue weighted by Gasteiger charge is -2.19. The van der Waals surface area contributed by atoms with Crippen LogP contribution in [0.4, 0.5) is 11.4 Å². The molecule has 0 atom stereocenters. The largest absolute Gasteiger partial charge is 0.486 e. The second kappa shape index (κ2) is 6.60. The minimum absolute atomic E-state index is 0.418. The van der Waals surface area contributed by atoms with Crippen LogP contribution in [0.15, 0.2) is 36.4 Å². The van der Waals surface area contributed by atoms with Crippen LogP contribution in [0.1, 0.15) is 0 Å². The Hall–Kier alpha value is -1.69. The van der Waals surface area contributed by atoms with Gasteiger partial charge in [-0.1, -0.05) is 23.2 Å². The van der Waals surface area contributed by atoms with E-state index in [2.05, 4.69) is 10.6 Å². The van der Waals surface area contributed by atoms with Gasteiger partial charge in [0.2, 0.25) is 0 Å². The molecule has 114 valence electrons. The number of thiocarbonyl (C=S) groups is 1. The van der Waals surface area contributed by atoms with Crippen LogP contribution in [0, 0.1) is 0 Å². The van der Waals surface area contributed by atoms with Gasteiger partial charge in [0.25, 0.3) is 0 Å². The molecule has 22 heavy (non-hydrogen) atoms. The second-order valence-electron chi connectivity index (χ2n) is 4.56. The van der Waals surface area contributed by atoms with E-state index in [4.69, 9.17) is 44.9 Å². The van der Waals surface area contributed by atoms with Gasteiger partial charge in [-0.15, -0.1) is 0 Å². The molecule has 0 fully saturated rings. The van der Waals surface area contributed by atoms with Crippen molar-refractivity contribution in [2.45, 2.75) is 0 Å². The maximum Gasteiger partial charge on any atom is 0.175 e. The Morgan fingerprint density at radius 1 is 0.955 bits per heavy atom. The fraction of sp³-hybridized carbons (Fsp3) is 0.133. The Morgan fingerprint density at radius 3 is 2.50 bits per heavy atom. The van der Waals surface area contributed by atoms with Crippen LogP contribution in [0.2, 0.25) is 10.0 Å². The summed E-state index contributed by atoms with van der Waals surface area (Å²) in [5, 5.41) is 7.59. The predicted octanol–water partition coefficient (Wildman–Crippen LogP) is 4.57. The average Bonchev–Trinajstić information content (AvgIpc) is 2.50. The lowest BCUT2D eigenvalue weighted by atomic mass is 10.2. The van der Waals surface area contributed by atoms with Gasteiger partial charge in [0.05, 0.1) is 10.7 Å². The zero-order valence-electron chi connectivity index (χ0n) is 11.4. The van der Waals surface area contributed by atoms with E-state index >= 15 is 0 Å². The number of benzene rings is 2. The van der Waals surface area contributed by atoms with Crippen molar-refractivity contribution in [3.8, 4) is 11.5 Å². The van der Waals surface area contributed by atoms with Crippen LogP contribution < -0.4 is 20.1 Å². The molecule has 4 nitrogen and oxygen atoms in total. The number of nitrogens with one attached hydrogen (secondary N) is 2.